The number of hydrogen-bond donors (Lipinski definition) is 0. The zero-order valence-corrected chi connectivity index (χ0v) is 7.83. The minimum Gasteiger partial charge on any atom is -0.497 e. The zero-order valence-electron chi connectivity index (χ0n) is 7.83. The Morgan fingerprint density at radius 1 is 1.57 bits per heavy atom. The van der Waals surface area contributed by atoms with Gasteiger partial charge in [-0.15, -0.1) is 0 Å². The third-order valence-corrected chi connectivity index (χ3v) is 1.71. The van der Waals surface area contributed by atoms with Crippen LogP contribution in [0.3, 0.4) is 0 Å². The topological polar surface area (TPSA) is 33.0 Å². The lowest BCUT2D eigenvalue weighted by Gasteiger charge is -2.01. The summed E-state index contributed by atoms with van der Waals surface area (Å²) in [6.45, 7) is 0. The first-order valence-electron chi connectivity index (χ1n) is 4.15. The Morgan fingerprint density at radius 3 is 2.93 bits per heavy atom. The van der Waals surface area contributed by atoms with Crippen LogP contribution in [0.2, 0.25) is 0 Å². The third kappa shape index (κ3) is 2.60. The highest BCUT2D eigenvalue weighted by Gasteiger charge is 1.99. The molecule has 1 aromatic carbocycles. The number of halogens is 1. The number of benzene rings is 1. The second-order valence-corrected chi connectivity index (χ2v) is 2.65. The molecule has 0 atom stereocenters. The van der Waals surface area contributed by atoms with E-state index >= 15 is 0 Å². The minimum atomic E-state index is -0.349. The lowest BCUT2D eigenvalue weighted by atomic mass is 10.2. The number of nitriles is 1. The van der Waals surface area contributed by atoms with Crippen LogP contribution in [0.25, 0.3) is 6.08 Å². The molecule has 0 amide bonds. The van der Waals surface area contributed by atoms with Crippen molar-refractivity contribution < 1.29 is 9.13 Å². The van der Waals surface area contributed by atoms with Gasteiger partial charge in [0.15, 0.2) is 0 Å². The summed E-state index contributed by atoms with van der Waals surface area (Å²) < 4.78 is 18.1. The fourth-order valence-corrected chi connectivity index (χ4v) is 1.01. The van der Waals surface area contributed by atoms with Crippen LogP contribution in [0.4, 0.5) is 4.39 Å². The molecule has 0 radical (unpaired) electrons. The minimum absolute atomic E-state index is 0.283. The smallest absolute Gasteiger partial charge is 0.134 e. The lowest BCUT2D eigenvalue weighted by molar-refractivity contribution is 0.411. The first-order valence-corrected chi connectivity index (χ1v) is 4.15. The van der Waals surface area contributed by atoms with Gasteiger partial charge in [-0.3, -0.25) is 0 Å². The number of rotatable bonds is 3. The van der Waals surface area contributed by atoms with Gasteiger partial charge in [-0.2, -0.15) is 5.26 Å². The van der Waals surface area contributed by atoms with E-state index in [2.05, 4.69) is 0 Å². The molecule has 0 aromatic heterocycles. The molecule has 14 heavy (non-hydrogen) atoms. The van der Waals surface area contributed by atoms with E-state index in [1.807, 2.05) is 6.07 Å². The summed E-state index contributed by atoms with van der Waals surface area (Å²) in [5, 5.41) is 8.28. The zero-order chi connectivity index (χ0) is 10.4. The highest BCUT2D eigenvalue weighted by molar-refractivity contribution is 5.51. The monoisotopic (exact) mass is 191 g/mol. The number of nitrogens with zero attached hydrogens (tertiary/aromatic N) is 1. The van der Waals surface area contributed by atoms with Crippen LogP contribution in [-0.2, 0) is 0 Å². The molecule has 0 unspecified atom stereocenters. The van der Waals surface area contributed by atoms with Crippen LogP contribution in [0, 0.1) is 17.1 Å². The van der Waals surface area contributed by atoms with Crippen LogP contribution in [0.5, 0.6) is 5.75 Å². The van der Waals surface area contributed by atoms with Crippen molar-refractivity contribution in [3.8, 4) is 11.8 Å². The molecule has 0 N–H and O–H groups in total. The van der Waals surface area contributed by atoms with Crippen molar-refractivity contribution in [3.63, 3.8) is 0 Å². The Bertz CT molecular complexity index is 379. The van der Waals surface area contributed by atoms with E-state index in [4.69, 9.17) is 10.00 Å². The van der Waals surface area contributed by atoms with Gasteiger partial charge >= 0.3 is 0 Å². The normalized spacial score (nSPS) is 10.1. The van der Waals surface area contributed by atoms with Gasteiger partial charge in [0.05, 0.1) is 19.6 Å². The Kier molecular flexibility index (Phi) is 3.69. The van der Waals surface area contributed by atoms with Gasteiger partial charge in [-0.1, -0.05) is 12.2 Å². The molecule has 3 heteroatoms. The summed E-state index contributed by atoms with van der Waals surface area (Å²) in [5.41, 5.74) is 0.459. The van der Waals surface area contributed by atoms with Gasteiger partial charge < -0.3 is 4.74 Å². The maximum absolute atomic E-state index is 13.3. The van der Waals surface area contributed by atoms with Gasteiger partial charge in [0.25, 0.3) is 0 Å². The SMILES string of the molecule is COc1ccc(C=CCC#N)c(F)c1. The molecule has 0 bridgehead atoms. The van der Waals surface area contributed by atoms with Crippen molar-refractivity contribution in [2.24, 2.45) is 0 Å². The van der Waals surface area contributed by atoms with E-state index in [0.717, 1.165) is 0 Å². The molecule has 1 rings (SSSR count). The van der Waals surface area contributed by atoms with Crippen LogP contribution < -0.4 is 4.74 Å². The van der Waals surface area contributed by atoms with Gasteiger partial charge in [0.2, 0.25) is 0 Å². The van der Waals surface area contributed by atoms with Crippen molar-refractivity contribution in [1.82, 2.24) is 0 Å². The van der Waals surface area contributed by atoms with E-state index in [0.29, 0.717) is 11.3 Å². The quantitative estimate of drug-likeness (QED) is 0.735. The molecule has 0 aliphatic heterocycles. The van der Waals surface area contributed by atoms with E-state index in [9.17, 15) is 4.39 Å². The third-order valence-electron chi connectivity index (χ3n) is 1.71. The average molecular weight is 191 g/mol. The summed E-state index contributed by atoms with van der Waals surface area (Å²) >= 11 is 0. The maximum atomic E-state index is 13.3. The summed E-state index contributed by atoms with van der Waals surface area (Å²) in [7, 11) is 1.49. The van der Waals surface area contributed by atoms with Crippen LogP contribution in [0.1, 0.15) is 12.0 Å². The Balaban J connectivity index is 2.85. The van der Waals surface area contributed by atoms with Crippen molar-refractivity contribution in [2.45, 2.75) is 6.42 Å². The fourth-order valence-electron chi connectivity index (χ4n) is 1.01. The molecule has 0 fully saturated rings. The molecule has 0 saturated heterocycles. The van der Waals surface area contributed by atoms with Crippen molar-refractivity contribution >= 4 is 6.08 Å². The molecule has 0 aliphatic rings. The fraction of sp³-hybridized carbons (Fsp3) is 0.182. The van der Waals surface area contributed by atoms with E-state index < -0.39 is 0 Å². The van der Waals surface area contributed by atoms with Gasteiger partial charge in [-0.25, -0.2) is 4.39 Å². The summed E-state index contributed by atoms with van der Waals surface area (Å²) in [6.07, 6.45) is 3.48. The Labute approximate surface area is 82.2 Å². The number of allylic oxidation sites excluding steroid dienone is 1. The molecule has 0 aliphatic carbocycles. The molecule has 0 spiro atoms. The standard InChI is InChI=1S/C11H10FNO/c1-14-10-6-5-9(11(12)8-10)4-2-3-7-13/h2,4-6,8H,3H2,1H3. The molecule has 2 nitrogen and oxygen atoms in total. The number of methoxy groups -OCH3 is 1. The van der Waals surface area contributed by atoms with E-state index in [1.54, 1.807) is 24.3 Å². The highest BCUT2D eigenvalue weighted by atomic mass is 19.1. The molecular weight excluding hydrogens is 181 g/mol. The van der Waals surface area contributed by atoms with Crippen molar-refractivity contribution in [3.05, 3.63) is 35.7 Å². The van der Waals surface area contributed by atoms with E-state index in [1.165, 1.54) is 13.2 Å². The predicted molar refractivity (Wildman–Crippen MR) is 52.2 cm³/mol. The van der Waals surface area contributed by atoms with Crippen molar-refractivity contribution in [1.29, 1.82) is 5.26 Å². The molecular formula is C11H10FNO. The second-order valence-electron chi connectivity index (χ2n) is 2.65. The summed E-state index contributed by atoms with van der Waals surface area (Å²) in [4.78, 5) is 0. The Morgan fingerprint density at radius 2 is 2.36 bits per heavy atom. The number of hydrogen-bond acceptors (Lipinski definition) is 2. The first-order chi connectivity index (χ1) is 6.77. The van der Waals surface area contributed by atoms with Gasteiger partial charge in [-0.05, 0) is 12.1 Å². The molecule has 72 valence electrons. The largest absolute Gasteiger partial charge is 0.497 e. The second kappa shape index (κ2) is 5.03. The molecule has 0 saturated carbocycles. The van der Waals surface area contributed by atoms with Crippen LogP contribution >= 0.6 is 0 Å². The average Bonchev–Trinajstić information content (AvgIpc) is 2.20. The van der Waals surface area contributed by atoms with Crippen molar-refractivity contribution in [2.75, 3.05) is 7.11 Å². The maximum Gasteiger partial charge on any atom is 0.134 e. The van der Waals surface area contributed by atoms with E-state index in [-0.39, 0.29) is 12.2 Å². The summed E-state index contributed by atoms with van der Waals surface area (Å²) in [6, 6.07) is 6.55. The van der Waals surface area contributed by atoms with Gasteiger partial charge in [0, 0.05) is 11.6 Å². The first kappa shape index (κ1) is 10.3. The lowest BCUT2D eigenvalue weighted by Crippen LogP contribution is -1.86. The van der Waals surface area contributed by atoms with Crippen LogP contribution in [0.15, 0.2) is 24.3 Å². The highest BCUT2D eigenvalue weighted by Crippen LogP contribution is 2.17. The predicted octanol–water partition coefficient (Wildman–Crippen LogP) is 2.76. The molecule has 1 aromatic rings. The summed E-state index contributed by atoms with van der Waals surface area (Å²) in [5.74, 6) is 0.137. The number of ether oxygens (including phenoxy) is 1. The molecule has 0 heterocycles. The van der Waals surface area contributed by atoms with Gasteiger partial charge in [0.1, 0.15) is 11.6 Å². The Hall–Kier alpha value is -1.82. The van der Waals surface area contributed by atoms with Crippen LogP contribution in [-0.4, -0.2) is 7.11 Å².